The maximum absolute atomic E-state index is 11.5. The fraction of sp³-hybridized carbons (Fsp3) is 0.167. The summed E-state index contributed by atoms with van der Waals surface area (Å²) in [5.41, 5.74) is 4.55. The molecule has 1 atom stereocenters. The van der Waals surface area contributed by atoms with Gasteiger partial charge in [0.15, 0.2) is 0 Å². The molecule has 0 aliphatic carbocycles. The molecule has 0 aromatic heterocycles. The van der Waals surface area contributed by atoms with E-state index in [0.717, 1.165) is 17.7 Å². The van der Waals surface area contributed by atoms with Crippen LogP contribution in [0.25, 0.3) is 17.2 Å². The fourth-order valence-corrected chi connectivity index (χ4v) is 2.45. The molecule has 0 saturated carbocycles. The van der Waals surface area contributed by atoms with E-state index in [2.05, 4.69) is 47.8 Å². The highest BCUT2D eigenvalue weighted by atomic mass is 16.2. The molecule has 0 radical (unpaired) electrons. The Hall–Kier alpha value is -2.35. The monoisotopic (exact) mass is 263 g/mol. The molecule has 2 aromatic carbocycles. The van der Waals surface area contributed by atoms with Gasteiger partial charge in [-0.2, -0.15) is 0 Å². The maximum atomic E-state index is 11.5. The fourth-order valence-electron chi connectivity index (χ4n) is 2.45. The van der Waals surface area contributed by atoms with Crippen molar-refractivity contribution in [1.82, 2.24) is 5.32 Å². The Morgan fingerprint density at radius 2 is 1.65 bits per heavy atom. The molecule has 100 valence electrons. The van der Waals surface area contributed by atoms with Gasteiger partial charge in [0.2, 0.25) is 5.91 Å². The van der Waals surface area contributed by atoms with Gasteiger partial charge in [-0.1, -0.05) is 61.5 Å². The number of rotatable bonds is 2. The minimum Gasteiger partial charge on any atom is -0.330 e. The van der Waals surface area contributed by atoms with Crippen molar-refractivity contribution < 1.29 is 4.79 Å². The number of nitrogens with one attached hydrogen (secondary N) is 1. The van der Waals surface area contributed by atoms with Crippen LogP contribution in [-0.4, -0.2) is 5.91 Å². The molecule has 1 aliphatic rings. The SMILES string of the molecule is CC1C/C(=C/c2ccc(-c3ccccc3)cc2)NC1=O. The first-order valence-electron chi connectivity index (χ1n) is 6.89. The minimum atomic E-state index is 0.0878. The number of hydrogen-bond acceptors (Lipinski definition) is 1. The van der Waals surface area contributed by atoms with E-state index in [0.29, 0.717) is 0 Å². The van der Waals surface area contributed by atoms with E-state index in [1.54, 1.807) is 0 Å². The van der Waals surface area contributed by atoms with Crippen LogP contribution in [-0.2, 0) is 4.79 Å². The molecule has 2 nitrogen and oxygen atoms in total. The van der Waals surface area contributed by atoms with Crippen molar-refractivity contribution in [3.05, 3.63) is 65.9 Å². The molecule has 1 saturated heterocycles. The Kier molecular flexibility index (Phi) is 3.38. The van der Waals surface area contributed by atoms with E-state index in [4.69, 9.17) is 0 Å². The van der Waals surface area contributed by atoms with Crippen LogP contribution in [0.3, 0.4) is 0 Å². The highest BCUT2D eigenvalue weighted by Crippen LogP contribution is 2.23. The molecule has 20 heavy (non-hydrogen) atoms. The van der Waals surface area contributed by atoms with Crippen molar-refractivity contribution >= 4 is 12.0 Å². The van der Waals surface area contributed by atoms with Crippen molar-refractivity contribution in [2.75, 3.05) is 0 Å². The molecular formula is C18H17NO. The summed E-state index contributed by atoms with van der Waals surface area (Å²) >= 11 is 0. The smallest absolute Gasteiger partial charge is 0.227 e. The molecule has 1 fully saturated rings. The highest BCUT2D eigenvalue weighted by molar-refractivity contribution is 5.85. The van der Waals surface area contributed by atoms with Crippen LogP contribution in [0.2, 0.25) is 0 Å². The molecule has 0 bridgehead atoms. The van der Waals surface area contributed by atoms with Crippen LogP contribution in [0.4, 0.5) is 0 Å². The second kappa shape index (κ2) is 5.33. The third-order valence-corrected chi connectivity index (χ3v) is 3.62. The lowest BCUT2D eigenvalue weighted by Crippen LogP contribution is -2.16. The van der Waals surface area contributed by atoms with Crippen molar-refractivity contribution in [2.24, 2.45) is 5.92 Å². The zero-order valence-corrected chi connectivity index (χ0v) is 11.5. The van der Waals surface area contributed by atoms with Gasteiger partial charge in [0.05, 0.1) is 0 Å². The van der Waals surface area contributed by atoms with Gasteiger partial charge in [0.1, 0.15) is 0 Å². The topological polar surface area (TPSA) is 29.1 Å². The van der Waals surface area contributed by atoms with E-state index >= 15 is 0 Å². The minimum absolute atomic E-state index is 0.0878. The zero-order valence-electron chi connectivity index (χ0n) is 11.5. The Morgan fingerprint density at radius 1 is 1.00 bits per heavy atom. The Balaban J connectivity index is 1.81. The molecule has 1 amide bonds. The van der Waals surface area contributed by atoms with E-state index in [9.17, 15) is 4.79 Å². The molecule has 1 unspecified atom stereocenters. The van der Waals surface area contributed by atoms with Gasteiger partial charge in [-0.15, -0.1) is 0 Å². The highest BCUT2D eigenvalue weighted by Gasteiger charge is 2.22. The molecule has 3 rings (SSSR count). The average molecular weight is 263 g/mol. The Bertz CT molecular complexity index is 641. The quantitative estimate of drug-likeness (QED) is 0.876. The lowest BCUT2D eigenvalue weighted by molar-refractivity contribution is -0.121. The van der Waals surface area contributed by atoms with Crippen molar-refractivity contribution in [3.63, 3.8) is 0 Å². The van der Waals surface area contributed by atoms with Gasteiger partial charge in [0, 0.05) is 11.6 Å². The number of benzene rings is 2. The number of amides is 1. The summed E-state index contributed by atoms with van der Waals surface area (Å²) in [6, 6.07) is 18.7. The molecule has 0 spiro atoms. The summed E-state index contributed by atoms with van der Waals surface area (Å²) in [7, 11) is 0. The van der Waals surface area contributed by atoms with E-state index in [1.807, 2.05) is 25.1 Å². The molecule has 2 heteroatoms. The first-order valence-corrected chi connectivity index (χ1v) is 6.89. The lowest BCUT2D eigenvalue weighted by atomic mass is 10.0. The lowest BCUT2D eigenvalue weighted by Gasteiger charge is -2.03. The van der Waals surface area contributed by atoms with Gasteiger partial charge in [-0.05, 0) is 29.2 Å². The van der Waals surface area contributed by atoms with Crippen LogP contribution in [0, 0.1) is 5.92 Å². The Labute approximate surface area is 119 Å². The maximum Gasteiger partial charge on any atom is 0.227 e. The summed E-state index contributed by atoms with van der Waals surface area (Å²) < 4.78 is 0. The molecule has 1 N–H and O–H groups in total. The molecular weight excluding hydrogens is 246 g/mol. The standard InChI is InChI=1S/C18H17NO/c1-13-11-17(19-18(13)20)12-14-7-9-16(10-8-14)15-5-3-2-4-6-15/h2-10,12-13H,11H2,1H3,(H,19,20)/b17-12-. The third-order valence-electron chi connectivity index (χ3n) is 3.62. The number of carbonyl (C=O) groups is 1. The summed E-state index contributed by atoms with van der Waals surface area (Å²) in [5.74, 6) is 0.210. The van der Waals surface area contributed by atoms with Crippen LogP contribution in [0.15, 0.2) is 60.3 Å². The van der Waals surface area contributed by atoms with Gasteiger partial charge < -0.3 is 5.32 Å². The number of allylic oxidation sites excluding steroid dienone is 1. The summed E-state index contributed by atoms with van der Waals surface area (Å²) in [6.07, 6.45) is 2.86. The predicted octanol–water partition coefficient (Wildman–Crippen LogP) is 3.85. The molecule has 2 aromatic rings. The van der Waals surface area contributed by atoms with E-state index in [1.165, 1.54) is 11.1 Å². The van der Waals surface area contributed by atoms with Crippen LogP contribution >= 0.6 is 0 Å². The summed E-state index contributed by atoms with van der Waals surface area (Å²) in [5, 5.41) is 2.92. The van der Waals surface area contributed by atoms with Crippen molar-refractivity contribution in [2.45, 2.75) is 13.3 Å². The first kappa shape index (κ1) is 12.7. The predicted molar refractivity (Wildman–Crippen MR) is 81.8 cm³/mol. The Morgan fingerprint density at radius 3 is 2.25 bits per heavy atom. The summed E-state index contributed by atoms with van der Waals surface area (Å²) in [6.45, 7) is 1.95. The normalized spacial score (nSPS) is 20.1. The summed E-state index contributed by atoms with van der Waals surface area (Å²) in [4.78, 5) is 11.5. The van der Waals surface area contributed by atoms with Crippen molar-refractivity contribution in [3.8, 4) is 11.1 Å². The first-order chi connectivity index (χ1) is 9.72. The zero-order chi connectivity index (χ0) is 13.9. The van der Waals surface area contributed by atoms with E-state index < -0.39 is 0 Å². The second-order valence-corrected chi connectivity index (χ2v) is 5.25. The molecule has 1 aliphatic heterocycles. The average Bonchev–Trinajstić information content (AvgIpc) is 2.79. The molecule has 1 heterocycles. The van der Waals surface area contributed by atoms with Crippen molar-refractivity contribution in [1.29, 1.82) is 0 Å². The number of hydrogen-bond donors (Lipinski definition) is 1. The van der Waals surface area contributed by atoms with Gasteiger partial charge in [-0.25, -0.2) is 0 Å². The number of carbonyl (C=O) groups excluding carboxylic acids is 1. The second-order valence-electron chi connectivity index (χ2n) is 5.25. The van der Waals surface area contributed by atoms with Gasteiger partial charge in [-0.3, -0.25) is 4.79 Å². The van der Waals surface area contributed by atoms with Crippen LogP contribution < -0.4 is 5.32 Å². The van der Waals surface area contributed by atoms with Gasteiger partial charge >= 0.3 is 0 Å². The third kappa shape index (κ3) is 2.64. The van der Waals surface area contributed by atoms with Gasteiger partial charge in [0.25, 0.3) is 0 Å². The van der Waals surface area contributed by atoms with Crippen LogP contribution in [0.5, 0.6) is 0 Å². The largest absolute Gasteiger partial charge is 0.330 e. The van der Waals surface area contributed by atoms with Crippen LogP contribution in [0.1, 0.15) is 18.9 Å². The van der Waals surface area contributed by atoms with E-state index in [-0.39, 0.29) is 11.8 Å².